The van der Waals surface area contributed by atoms with Gasteiger partial charge in [-0.2, -0.15) is 0 Å². The molecule has 1 aromatic carbocycles. The Balaban J connectivity index is 2.93. The highest BCUT2D eigenvalue weighted by Gasteiger charge is 2.01. The highest BCUT2D eigenvalue weighted by Crippen LogP contribution is 2.22. The maximum absolute atomic E-state index is 10.9. The van der Waals surface area contributed by atoms with Gasteiger partial charge in [-0.3, -0.25) is 4.79 Å². The van der Waals surface area contributed by atoms with E-state index in [9.17, 15) is 4.79 Å². The van der Waals surface area contributed by atoms with Gasteiger partial charge in [0.1, 0.15) is 0 Å². The molecule has 3 N–H and O–H groups in total. The van der Waals surface area contributed by atoms with Gasteiger partial charge < -0.3 is 11.1 Å². The number of hydrogen-bond donors (Lipinski definition) is 2. The van der Waals surface area contributed by atoms with Gasteiger partial charge in [0.05, 0.1) is 11.4 Å². The van der Waals surface area contributed by atoms with Crippen LogP contribution in [0.15, 0.2) is 30.9 Å². The molecule has 4 heteroatoms. The van der Waals surface area contributed by atoms with Crippen LogP contribution in [0.4, 0.5) is 11.4 Å². The molecule has 0 aliphatic heterocycles. The minimum absolute atomic E-state index is 0.311. The van der Waals surface area contributed by atoms with Gasteiger partial charge in [0.15, 0.2) is 0 Å². The van der Waals surface area contributed by atoms with Gasteiger partial charge in [-0.05, 0) is 24.3 Å². The predicted molar refractivity (Wildman–Crippen MR) is 54.7 cm³/mol. The first-order chi connectivity index (χ1) is 6.13. The molecule has 0 heterocycles. The Hall–Kier alpha value is -1.48. The molecular weight excluding hydrogens is 188 g/mol. The lowest BCUT2D eigenvalue weighted by Crippen LogP contribution is -2.09. The smallest absolute Gasteiger partial charge is 0.247 e. The normalized spacial score (nSPS) is 9.31. The van der Waals surface area contributed by atoms with Crippen molar-refractivity contribution in [2.75, 3.05) is 11.1 Å². The molecule has 3 nitrogen and oxygen atoms in total. The summed E-state index contributed by atoms with van der Waals surface area (Å²) in [5.74, 6) is -0.311. The van der Waals surface area contributed by atoms with Crippen LogP contribution in [0.25, 0.3) is 0 Å². The van der Waals surface area contributed by atoms with Crippen LogP contribution >= 0.6 is 11.6 Å². The number of nitrogens with one attached hydrogen (secondary N) is 1. The van der Waals surface area contributed by atoms with E-state index in [0.29, 0.717) is 16.4 Å². The van der Waals surface area contributed by atoms with Gasteiger partial charge in [0, 0.05) is 5.02 Å². The van der Waals surface area contributed by atoms with Crippen molar-refractivity contribution >= 4 is 28.9 Å². The molecule has 1 aromatic rings. The van der Waals surface area contributed by atoms with Crippen LogP contribution in [0, 0.1) is 0 Å². The number of carbonyl (C=O) groups excluding carboxylic acids is 1. The molecule has 0 radical (unpaired) electrons. The third kappa shape index (κ3) is 2.49. The second-order valence-corrected chi connectivity index (χ2v) is 2.86. The van der Waals surface area contributed by atoms with Crippen LogP contribution in [-0.2, 0) is 4.79 Å². The molecule has 68 valence electrons. The topological polar surface area (TPSA) is 55.1 Å². The fourth-order valence-electron chi connectivity index (χ4n) is 0.821. The van der Waals surface area contributed by atoms with Crippen molar-refractivity contribution in [1.29, 1.82) is 0 Å². The van der Waals surface area contributed by atoms with Crippen molar-refractivity contribution in [2.24, 2.45) is 0 Å². The summed E-state index contributed by atoms with van der Waals surface area (Å²) >= 11 is 5.71. The second-order valence-electron chi connectivity index (χ2n) is 2.42. The quantitative estimate of drug-likeness (QED) is 0.562. The van der Waals surface area contributed by atoms with Crippen molar-refractivity contribution in [3.63, 3.8) is 0 Å². The van der Waals surface area contributed by atoms with Gasteiger partial charge in [-0.1, -0.05) is 18.2 Å². The number of halogens is 1. The number of nitrogens with two attached hydrogens (primary N) is 1. The van der Waals surface area contributed by atoms with E-state index in [1.54, 1.807) is 18.2 Å². The maximum Gasteiger partial charge on any atom is 0.247 e. The van der Waals surface area contributed by atoms with E-state index in [2.05, 4.69) is 11.9 Å². The molecule has 0 unspecified atom stereocenters. The minimum atomic E-state index is -0.311. The summed E-state index contributed by atoms with van der Waals surface area (Å²) in [6.07, 6.45) is 1.17. The Kier molecular flexibility index (Phi) is 2.93. The molecule has 0 bridgehead atoms. The van der Waals surface area contributed by atoms with Crippen LogP contribution in [0.5, 0.6) is 0 Å². The number of anilines is 2. The Morgan fingerprint density at radius 2 is 2.31 bits per heavy atom. The van der Waals surface area contributed by atoms with Gasteiger partial charge in [-0.15, -0.1) is 0 Å². The summed E-state index contributed by atoms with van der Waals surface area (Å²) in [6, 6.07) is 4.86. The van der Waals surface area contributed by atoms with Crippen LogP contribution in [-0.4, -0.2) is 5.91 Å². The highest BCUT2D eigenvalue weighted by atomic mass is 35.5. The van der Waals surface area contributed by atoms with Crippen molar-refractivity contribution in [2.45, 2.75) is 0 Å². The van der Waals surface area contributed by atoms with Crippen LogP contribution in [0.1, 0.15) is 0 Å². The lowest BCUT2D eigenvalue weighted by molar-refractivity contribution is -0.111. The summed E-state index contributed by atoms with van der Waals surface area (Å²) in [5.41, 5.74) is 6.55. The zero-order valence-corrected chi connectivity index (χ0v) is 7.64. The van der Waals surface area contributed by atoms with E-state index < -0.39 is 0 Å². The molecule has 1 rings (SSSR count). The third-order valence-electron chi connectivity index (χ3n) is 1.46. The predicted octanol–water partition coefficient (Wildman–Crippen LogP) is 2.05. The van der Waals surface area contributed by atoms with E-state index in [4.69, 9.17) is 17.3 Å². The van der Waals surface area contributed by atoms with Crippen LogP contribution in [0.2, 0.25) is 5.02 Å². The summed E-state index contributed by atoms with van der Waals surface area (Å²) < 4.78 is 0. The zero-order chi connectivity index (χ0) is 9.84. The molecular formula is C9H9ClN2O. The fraction of sp³-hybridized carbons (Fsp3) is 0. The first-order valence-corrected chi connectivity index (χ1v) is 3.99. The molecule has 0 fully saturated rings. The Morgan fingerprint density at radius 1 is 1.62 bits per heavy atom. The van der Waals surface area contributed by atoms with E-state index in [-0.39, 0.29) is 5.91 Å². The molecule has 0 saturated heterocycles. The minimum Gasteiger partial charge on any atom is -0.397 e. The lowest BCUT2D eigenvalue weighted by Gasteiger charge is -2.05. The van der Waals surface area contributed by atoms with Gasteiger partial charge in [0.2, 0.25) is 5.91 Å². The van der Waals surface area contributed by atoms with Crippen molar-refractivity contribution in [3.8, 4) is 0 Å². The Bertz CT molecular complexity index is 349. The number of nitrogen functional groups attached to an aromatic ring is 1. The van der Waals surface area contributed by atoms with E-state index in [1.807, 2.05) is 0 Å². The van der Waals surface area contributed by atoms with Crippen LogP contribution in [0.3, 0.4) is 0 Å². The number of benzene rings is 1. The first-order valence-electron chi connectivity index (χ1n) is 3.62. The number of carbonyl (C=O) groups is 1. The molecule has 0 saturated carbocycles. The maximum atomic E-state index is 10.9. The van der Waals surface area contributed by atoms with Crippen molar-refractivity contribution in [3.05, 3.63) is 35.9 Å². The summed E-state index contributed by atoms with van der Waals surface area (Å²) in [7, 11) is 0. The average molecular weight is 197 g/mol. The van der Waals surface area contributed by atoms with E-state index in [1.165, 1.54) is 6.08 Å². The van der Waals surface area contributed by atoms with E-state index in [0.717, 1.165) is 0 Å². The number of amides is 1. The Morgan fingerprint density at radius 3 is 2.92 bits per heavy atom. The summed E-state index contributed by atoms with van der Waals surface area (Å²) in [6.45, 7) is 3.32. The highest BCUT2D eigenvalue weighted by molar-refractivity contribution is 6.31. The number of hydrogen-bond acceptors (Lipinski definition) is 2. The molecule has 13 heavy (non-hydrogen) atoms. The van der Waals surface area contributed by atoms with E-state index >= 15 is 0 Å². The van der Waals surface area contributed by atoms with Crippen molar-refractivity contribution in [1.82, 2.24) is 0 Å². The van der Waals surface area contributed by atoms with Crippen LogP contribution < -0.4 is 11.1 Å². The zero-order valence-electron chi connectivity index (χ0n) is 6.88. The molecule has 1 amide bonds. The summed E-state index contributed by atoms with van der Waals surface area (Å²) in [5, 5.41) is 3.06. The standard InChI is InChI=1S/C9H9ClN2O/c1-2-9(13)12-8-5-6(10)3-4-7(8)11/h2-5H,1,11H2,(H,12,13). The molecule has 0 spiro atoms. The summed E-state index contributed by atoms with van der Waals surface area (Å²) in [4.78, 5) is 10.9. The third-order valence-corrected chi connectivity index (χ3v) is 1.69. The van der Waals surface area contributed by atoms with Crippen molar-refractivity contribution < 1.29 is 4.79 Å². The Labute approximate surface area is 81.2 Å². The average Bonchev–Trinajstić information content (AvgIpc) is 2.11. The van der Waals surface area contributed by atoms with Gasteiger partial charge in [-0.25, -0.2) is 0 Å². The largest absolute Gasteiger partial charge is 0.397 e. The SMILES string of the molecule is C=CC(=O)Nc1cc(Cl)ccc1N. The molecule has 0 atom stereocenters. The van der Waals surface area contributed by atoms with Gasteiger partial charge in [0.25, 0.3) is 0 Å². The first kappa shape index (κ1) is 9.61. The lowest BCUT2D eigenvalue weighted by atomic mass is 10.2. The van der Waals surface area contributed by atoms with Gasteiger partial charge >= 0.3 is 0 Å². The molecule has 0 aliphatic carbocycles. The molecule has 0 aromatic heterocycles. The fourth-order valence-corrected chi connectivity index (χ4v) is 0.993. The molecule has 0 aliphatic rings. The monoisotopic (exact) mass is 196 g/mol. The second kappa shape index (κ2) is 3.96. The number of rotatable bonds is 2.